The molecule has 0 atom stereocenters. The highest BCUT2D eigenvalue weighted by molar-refractivity contribution is 5.91. The standard InChI is InChI=1S/C7H8F5N3O3/c8-6(9,7(10,11)12)5(18)15(1-3(13)16)2-4(14)17/h1-2H2,(H2,13,16)(H2,14,17). The number of rotatable bonds is 5. The zero-order chi connectivity index (χ0) is 14.7. The molecule has 0 aromatic heterocycles. The lowest BCUT2D eigenvalue weighted by molar-refractivity contribution is -0.274. The van der Waals surface area contributed by atoms with E-state index in [9.17, 15) is 36.3 Å². The van der Waals surface area contributed by atoms with Crippen molar-refractivity contribution in [1.82, 2.24) is 4.90 Å². The minimum Gasteiger partial charge on any atom is -0.368 e. The van der Waals surface area contributed by atoms with Crippen LogP contribution in [0.25, 0.3) is 0 Å². The normalized spacial score (nSPS) is 12.1. The van der Waals surface area contributed by atoms with Crippen molar-refractivity contribution in [2.75, 3.05) is 13.1 Å². The van der Waals surface area contributed by atoms with E-state index in [0.29, 0.717) is 0 Å². The first-order valence-corrected chi connectivity index (χ1v) is 4.20. The minimum atomic E-state index is -6.16. The minimum absolute atomic E-state index is 0.363. The molecule has 0 saturated heterocycles. The van der Waals surface area contributed by atoms with E-state index in [1.807, 2.05) is 0 Å². The molecular formula is C7H8F5N3O3. The maximum absolute atomic E-state index is 12.7. The fourth-order valence-corrected chi connectivity index (χ4v) is 0.896. The molecule has 0 spiro atoms. The molecule has 0 bridgehead atoms. The average molecular weight is 277 g/mol. The number of nitrogens with two attached hydrogens (primary N) is 2. The molecule has 0 rings (SSSR count). The number of nitrogens with zero attached hydrogens (tertiary/aromatic N) is 1. The first-order valence-electron chi connectivity index (χ1n) is 4.20. The summed E-state index contributed by atoms with van der Waals surface area (Å²) in [5, 5.41) is 0. The van der Waals surface area contributed by atoms with Gasteiger partial charge in [-0.1, -0.05) is 0 Å². The molecule has 0 aromatic carbocycles. The van der Waals surface area contributed by atoms with Gasteiger partial charge in [0.25, 0.3) is 0 Å². The maximum Gasteiger partial charge on any atom is 0.463 e. The quantitative estimate of drug-likeness (QED) is 0.628. The van der Waals surface area contributed by atoms with Crippen LogP contribution < -0.4 is 11.5 Å². The van der Waals surface area contributed by atoms with Crippen molar-refractivity contribution in [2.45, 2.75) is 12.1 Å². The highest BCUT2D eigenvalue weighted by Crippen LogP contribution is 2.36. The monoisotopic (exact) mass is 277 g/mol. The van der Waals surface area contributed by atoms with Gasteiger partial charge in [0.2, 0.25) is 11.8 Å². The number of alkyl halides is 5. The smallest absolute Gasteiger partial charge is 0.368 e. The molecule has 4 N–H and O–H groups in total. The number of carbonyl (C=O) groups is 3. The summed E-state index contributed by atoms with van der Waals surface area (Å²) in [7, 11) is 0. The van der Waals surface area contributed by atoms with Crippen LogP contribution in [0.5, 0.6) is 0 Å². The summed E-state index contributed by atoms with van der Waals surface area (Å²) in [5.41, 5.74) is 9.10. The number of carbonyl (C=O) groups excluding carboxylic acids is 3. The Morgan fingerprint density at radius 3 is 1.44 bits per heavy atom. The van der Waals surface area contributed by atoms with E-state index in [1.54, 1.807) is 0 Å². The molecular weight excluding hydrogens is 269 g/mol. The van der Waals surface area contributed by atoms with Gasteiger partial charge in [-0.25, -0.2) is 0 Å². The van der Waals surface area contributed by atoms with Gasteiger partial charge >= 0.3 is 18.0 Å². The molecule has 3 amide bonds. The van der Waals surface area contributed by atoms with E-state index in [-0.39, 0.29) is 4.90 Å². The summed E-state index contributed by atoms with van der Waals surface area (Å²) in [4.78, 5) is 31.4. The summed E-state index contributed by atoms with van der Waals surface area (Å²) < 4.78 is 61.0. The van der Waals surface area contributed by atoms with E-state index < -0.39 is 42.9 Å². The third-order valence-corrected chi connectivity index (χ3v) is 1.61. The first-order chi connectivity index (χ1) is 7.89. The van der Waals surface area contributed by atoms with Gasteiger partial charge in [0, 0.05) is 0 Å². The van der Waals surface area contributed by atoms with Gasteiger partial charge in [-0.05, 0) is 0 Å². The van der Waals surface area contributed by atoms with Crippen molar-refractivity contribution in [3.63, 3.8) is 0 Å². The van der Waals surface area contributed by atoms with Crippen LogP contribution in [0.2, 0.25) is 0 Å². The van der Waals surface area contributed by atoms with Crippen LogP contribution in [0, 0.1) is 0 Å². The van der Waals surface area contributed by atoms with Gasteiger partial charge in [0.15, 0.2) is 0 Å². The lowest BCUT2D eigenvalue weighted by Crippen LogP contribution is -2.55. The van der Waals surface area contributed by atoms with Gasteiger partial charge in [-0.2, -0.15) is 22.0 Å². The van der Waals surface area contributed by atoms with E-state index in [4.69, 9.17) is 0 Å². The van der Waals surface area contributed by atoms with E-state index in [1.165, 1.54) is 0 Å². The third kappa shape index (κ3) is 3.82. The second kappa shape index (κ2) is 5.14. The molecule has 0 saturated carbocycles. The van der Waals surface area contributed by atoms with Crippen molar-refractivity contribution in [1.29, 1.82) is 0 Å². The van der Waals surface area contributed by atoms with Crippen LogP contribution in [-0.4, -0.2) is 47.8 Å². The van der Waals surface area contributed by atoms with E-state index in [0.717, 1.165) is 0 Å². The van der Waals surface area contributed by atoms with Crippen molar-refractivity contribution in [3.8, 4) is 0 Å². The highest BCUT2D eigenvalue weighted by Gasteiger charge is 2.64. The van der Waals surface area contributed by atoms with Gasteiger partial charge in [-0.15, -0.1) is 0 Å². The Hall–Kier alpha value is -1.94. The van der Waals surface area contributed by atoms with Crippen molar-refractivity contribution in [2.24, 2.45) is 11.5 Å². The van der Waals surface area contributed by atoms with Gasteiger partial charge in [0.1, 0.15) is 13.1 Å². The number of hydrogen-bond acceptors (Lipinski definition) is 3. The Balaban J connectivity index is 5.18. The molecule has 0 aliphatic carbocycles. The Morgan fingerprint density at radius 2 is 1.22 bits per heavy atom. The Bertz CT molecular complexity index is 352. The second-order valence-corrected chi connectivity index (χ2v) is 3.17. The predicted octanol–water partition coefficient (Wildman–Crippen LogP) is -1.02. The van der Waals surface area contributed by atoms with E-state index >= 15 is 0 Å². The zero-order valence-corrected chi connectivity index (χ0v) is 8.63. The average Bonchev–Trinajstić information content (AvgIpc) is 2.12. The Morgan fingerprint density at radius 1 is 0.889 bits per heavy atom. The molecule has 0 heterocycles. The topological polar surface area (TPSA) is 106 Å². The van der Waals surface area contributed by atoms with Crippen LogP contribution in [0.3, 0.4) is 0 Å². The SMILES string of the molecule is NC(=O)CN(CC(N)=O)C(=O)C(F)(F)C(F)(F)F. The lowest BCUT2D eigenvalue weighted by atomic mass is 10.2. The molecule has 6 nitrogen and oxygen atoms in total. The summed E-state index contributed by atoms with van der Waals surface area (Å²) in [6, 6.07) is 0. The number of amides is 3. The molecule has 0 unspecified atom stereocenters. The fourth-order valence-electron chi connectivity index (χ4n) is 0.896. The Kier molecular flexibility index (Phi) is 4.59. The summed E-state index contributed by atoms with van der Waals surface area (Å²) >= 11 is 0. The van der Waals surface area contributed by atoms with Crippen LogP contribution in [0.1, 0.15) is 0 Å². The summed E-state index contributed by atoms with van der Waals surface area (Å²) in [6.45, 7) is -2.57. The van der Waals surface area contributed by atoms with Crippen molar-refractivity contribution in [3.05, 3.63) is 0 Å². The van der Waals surface area contributed by atoms with Gasteiger partial charge < -0.3 is 16.4 Å². The van der Waals surface area contributed by atoms with Crippen molar-refractivity contribution < 1.29 is 36.3 Å². The van der Waals surface area contributed by atoms with Gasteiger partial charge in [0.05, 0.1) is 0 Å². The fraction of sp³-hybridized carbons (Fsp3) is 0.571. The zero-order valence-electron chi connectivity index (χ0n) is 8.63. The number of halogens is 5. The van der Waals surface area contributed by atoms with Crippen LogP contribution in [0.4, 0.5) is 22.0 Å². The predicted molar refractivity (Wildman–Crippen MR) is 46.0 cm³/mol. The molecule has 0 aromatic rings. The number of primary amides is 2. The molecule has 18 heavy (non-hydrogen) atoms. The molecule has 104 valence electrons. The third-order valence-electron chi connectivity index (χ3n) is 1.61. The maximum atomic E-state index is 12.7. The largest absolute Gasteiger partial charge is 0.463 e. The summed E-state index contributed by atoms with van der Waals surface area (Å²) in [5.74, 6) is -11.3. The second-order valence-electron chi connectivity index (χ2n) is 3.17. The van der Waals surface area contributed by atoms with E-state index in [2.05, 4.69) is 11.5 Å². The van der Waals surface area contributed by atoms with Crippen LogP contribution in [-0.2, 0) is 14.4 Å². The molecule has 11 heteroatoms. The van der Waals surface area contributed by atoms with Crippen molar-refractivity contribution >= 4 is 17.7 Å². The molecule has 0 radical (unpaired) electrons. The molecule has 0 aliphatic heterocycles. The highest BCUT2D eigenvalue weighted by atomic mass is 19.4. The van der Waals surface area contributed by atoms with Gasteiger partial charge in [-0.3, -0.25) is 14.4 Å². The molecule has 0 fully saturated rings. The first kappa shape index (κ1) is 16.1. The number of hydrogen-bond donors (Lipinski definition) is 2. The van der Waals surface area contributed by atoms with Crippen LogP contribution in [0.15, 0.2) is 0 Å². The molecule has 0 aliphatic rings. The van der Waals surface area contributed by atoms with Crippen LogP contribution >= 0.6 is 0 Å². The Labute approximate surface area is 96.7 Å². The summed E-state index contributed by atoms with van der Waals surface area (Å²) in [6.07, 6.45) is -6.16. The lowest BCUT2D eigenvalue weighted by Gasteiger charge is -2.26.